The number of carbonyl (C=O) groups is 1. The van der Waals surface area contributed by atoms with E-state index >= 15 is 0 Å². The van der Waals surface area contributed by atoms with E-state index in [1.165, 1.54) is 16.3 Å². The molecule has 1 heterocycles. The Hall–Kier alpha value is -3.75. The van der Waals surface area contributed by atoms with Crippen molar-refractivity contribution in [1.82, 2.24) is 15.0 Å². The van der Waals surface area contributed by atoms with E-state index in [1.54, 1.807) is 12.1 Å². The van der Waals surface area contributed by atoms with Crippen molar-refractivity contribution in [2.45, 2.75) is 12.1 Å². The minimum atomic E-state index is -0.288. The van der Waals surface area contributed by atoms with Crippen LogP contribution in [0.2, 0.25) is 0 Å². The summed E-state index contributed by atoms with van der Waals surface area (Å²) in [6.07, 6.45) is 0. The molecule has 6 nitrogen and oxygen atoms in total. The number of hydrogen-bond donors (Lipinski definition) is 1. The summed E-state index contributed by atoms with van der Waals surface area (Å²) < 4.78 is 2.44. The van der Waals surface area contributed by atoms with E-state index in [4.69, 9.17) is 0 Å². The molecular weight excluding hydrogens is 536 g/mol. The first-order chi connectivity index (χ1) is 17.5. The third-order valence-electron chi connectivity index (χ3n) is 5.69. The summed E-state index contributed by atoms with van der Waals surface area (Å²) >= 11 is 4.62. The van der Waals surface area contributed by atoms with E-state index in [0.29, 0.717) is 27.5 Å². The fourth-order valence-corrected chi connectivity index (χ4v) is 5.01. The molecule has 0 aliphatic rings. The lowest BCUT2D eigenvalue weighted by Crippen LogP contribution is -2.24. The van der Waals surface area contributed by atoms with Gasteiger partial charge in [-0.3, -0.25) is 14.2 Å². The van der Waals surface area contributed by atoms with Gasteiger partial charge in [0.05, 0.1) is 28.1 Å². The molecule has 178 valence electrons. The molecular formula is C28H21BrN4O2S. The maximum atomic E-state index is 13.3. The quantitative estimate of drug-likeness (QED) is 0.122. The Bertz CT molecular complexity index is 1670. The molecule has 0 saturated heterocycles. The first-order valence-electron chi connectivity index (χ1n) is 11.2. The van der Waals surface area contributed by atoms with Gasteiger partial charge in [-0.05, 0) is 54.1 Å². The second-order valence-electron chi connectivity index (χ2n) is 8.08. The summed E-state index contributed by atoms with van der Waals surface area (Å²) in [5.74, 6) is -0.238. The van der Waals surface area contributed by atoms with Crippen LogP contribution >= 0.6 is 27.7 Å². The third kappa shape index (κ3) is 4.96. The highest BCUT2D eigenvalue weighted by molar-refractivity contribution is 9.10. The lowest BCUT2D eigenvalue weighted by atomic mass is 10.0. The van der Waals surface area contributed by atoms with Gasteiger partial charge in [-0.2, -0.15) is 5.10 Å². The van der Waals surface area contributed by atoms with Gasteiger partial charge >= 0.3 is 0 Å². The monoisotopic (exact) mass is 556 g/mol. The normalized spacial score (nSPS) is 11.7. The molecule has 5 aromatic rings. The minimum absolute atomic E-state index is 0.0492. The van der Waals surface area contributed by atoms with Crippen LogP contribution in [0.5, 0.6) is 0 Å². The van der Waals surface area contributed by atoms with Crippen molar-refractivity contribution in [1.29, 1.82) is 0 Å². The highest BCUT2D eigenvalue weighted by Crippen LogP contribution is 2.23. The molecule has 0 bridgehead atoms. The molecule has 36 heavy (non-hydrogen) atoms. The Labute approximate surface area is 220 Å². The Kier molecular flexibility index (Phi) is 6.97. The summed E-state index contributed by atoms with van der Waals surface area (Å²) in [6.45, 7) is 1.87. The van der Waals surface area contributed by atoms with Crippen LogP contribution in [0.1, 0.15) is 12.5 Å². The number of fused-ring (bicyclic) bond motifs is 2. The molecule has 0 aliphatic heterocycles. The van der Waals surface area contributed by atoms with E-state index < -0.39 is 0 Å². The van der Waals surface area contributed by atoms with Gasteiger partial charge in [-0.15, -0.1) is 0 Å². The predicted molar refractivity (Wildman–Crippen MR) is 150 cm³/mol. The topological polar surface area (TPSA) is 76.3 Å². The van der Waals surface area contributed by atoms with E-state index in [1.807, 2.05) is 85.8 Å². The average Bonchev–Trinajstić information content (AvgIpc) is 2.91. The SMILES string of the molecule is C/C(=N/NC(=O)CSc1nc2ccccc2c(=O)n1-c1ccc(Br)cc1)c1cccc2ccccc12. The molecule has 0 radical (unpaired) electrons. The highest BCUT2D eigenvalue weighted by atomic mass is 79.9. The maximum Gasteiger partial charge on any atom is 0.266 e. The number of amides is 1. The van der Waals surface area contributed by atoms with Crippen LogP contribution in [-0.2, 0) is 4.79 Å². The lowest BCUT2D eigenvalue weighted by molar-refractivity contribution is -0.118. The Morgan fingerprint density at radius 2 is 1.64 bits per heavy atom. The standard InChI is InChI=1S/C28H21BrN4O2S/c1-18(22-11-6-8-19-7-2-3-9-23(19)22)31-32-26(34)17-36-28-30-25-12-5-4-10-24(25)27(35)33(28)21-15-13-20(29)14-16-21/h2-16H,17H2,1H3,(H,32,34)/b31-18-. The zero-order valence-electron chi connectivity index (χ0n) is 19.3. The van der Waals surface area contributed by atoms with Crippen LogP contribution in [0.3, 0.4) is 0 Å². The van der Waals surface area contributed by atoms with Gasteiger partial charge in [-0.25, -0.2) is 10.4 Å². The lowest BCUT2D eigenvalue weighted by Gasteiger charge is -2.13. The average molecular weight is 557 g/mol. The van der Waals surface area contributed by atoms with Gasteiger partial charge in [0.1, 0.15) is 0 Å². The molecule has 0 fully saturated rings. The number of carbonyl (C=O) groups excluding carboxylic acids is 1. The number of nitrogens with zero attached hydrogens (tertiary/aromatic N) is 3. The smallest absolute Gasteiger partial charge is 0.266 e. The fourth-order valence-electron chi connectivity index (χ4n) is 3.94. The van der Waals surface area contributed by atoms with Gasteiger partial charge in [0.15, 0.2) is 5.16 Å². The first kappa shape index (κ1) is 24.0. The van der Waals surface area contributed by atoms with Crippen LogP contribution in [0, 0.1) is 0 Å². The Morgan fingerprint density at radius 3 is 2.44 bits per heavy atom. The van der Waals surface area contributed by atoms with Crippen molar-refractivity contribution in [2.75, 3.05) is 5.75 Å². The molecule has 0 atom stereocenters. The maximum absolute atomic E-state index is 13.3. The first-order valence-corrected chi connectivity index (χ1v) is 13.0. The molecule has 1 amide bonds. The summed E-state index contributed by atoms with van der Waals surface area (Å²) in [6, 6.07) is 28.7. The van der Waals surface area contributed by atoms with Crippen LogP contribution in [0.4, 0.5) is 0 Å². The molecule has 1 N–H and O–H groups in total. The zero-order chi connectivity index (χ0) is 25.1. The third-order valence-corrected chi connectivity index (χ3v) is 7.16. The number of aromatic nitrogens is 2. The summed E-state index contributed by atoms with van der Waals surface area (Å²) in [4.78, 5) is 30.7. The van der Waals surface area contributed by atoms with Crippen LogP contribution in [0.25, 0.3) is 27.4 Å². The number of thioether (sulfide) groups is 1. The number of hydrazone groups is 1. The molecule has 4 aromatic carbocycles. The molecule has 0 saturated carbocycles. The Morgan fingerprint density at radius 1 is 0.944 bits per heavy atom. The summed E-state index contributed by atoms with van der Waals surface area (Å²) in [5, 5.41) is 7.46. The molecule has 0 aliphatic carbocycles. The second-order valence-corrected chi connectivity index (χ2v) is 9.93. The fraction of sp³-hybridized carbons (Fsp3) is 0.0714. The number of benzene rings is 4. The van der Waals surface area contributed by atoms with Crippen LogP contribution in [-0.4, -0.2) is 26.9 Å². The van der Waals surface area contributed by atoms with Gasteiger partial charge in [0.2, 0.25) is 0 Å². The van der Waals surface area contributed by atoms with E-state index in [2.05, 4.69) is 31.4 Å². The Balaban J connectivity index is 1.39. The van der Waals surface area contributed by atoms with E-state index in [0.717, 1.165) is 20.8 Å². The second kappa shape index (κ2) is 10.5. The van der Waals surface area contributed by atoms with Crippen molar-refractivity contribution in [3.8, 4) is 5.69 Å². The zero-order valence-corrected chi connectivity index (χ0v) is 21.7. The highest BCUT2D eigenvalue weighted by Gasteiger charge is 2.15. The molecule has 5 rings (SSSR count). The number of para-hydroxylation sites is 1. The van der Waals surface area contributed by atoms with Crippen molar-refractivity contribution in [3.63, 3.8) is 0 Å². The molecule has 1 aromatic heterocycles. The van der Waals surface area contributed by atoms with Gasteiger partial charge in [0.25, 0.3) is 11.5 Å². The number of halogens is 1. The molecule has 0 unspecified atom stereocenters. The largest absolute Gasteiger partial charge is 0.272 e. The van der Waals surface area contributed by atoms with Crippen molar-refractivity contribution in [3.05, 3.63) is 111 Å². The minimum Gasteiger partial charge on any atom is -0.272 e. The van der Waals surface area contributed by atoms with E-state index in [9.17, 15) is 9.59 Å². The summed E-state index contributed by atoms with van der Waals surface area (Å²) in [7, 11) is 0. The van der Waals surface area contributed by atoms with Crippen molar-refractivity contribution in [2.24, 2.45) is 5.10 Å². The van der Waals surface area contributed by atoms with E-state index in [-0.39, 0.29) is 17.2 Å². The van der Waals surface area contributed by atoms with Crippen molar-refractivity contribution >= 4 is 61.0 Å². The van der Waals surface area contributed by atoms with Crippen LogP contribution < -0.4 is 11.0 Å². The van der Waals surface area contributed by atoms with Crippen molar-refractivity contribution < 1.29 is 4.79 Å². The van der Waals surface area contributed by atoms with Gasteiger partial charge in [-0.1, -0.05) is 82.3 Å². The van der Waals surface area contributed by atoms with Crippen LogP contribution in [0.15, 0.2) is 111 Å². The summed E-state index contributed by atoms with van der Waals surface area (Å²) in [5.41, 5.74) is 5.39. The number of rotatable bonds is 6. The number of nitrogens with one attached hydrogen (secondary N) is 1. The predicted octanol–water partition coefficient (Wildman–Crippen LogP) is 5.93. The molecule has 8 heteroatoms. The van der Waals surface area contributed by atoms with Gasteiger partial charge < -0.3 is 0 Å². The molecule has 0 spiro atoms. The van der Waals surface area contributed by atoms with Gasteiger partial charge in [0, 0.05) is 10.0 Å². The number of hydrogen-bond acceptors (Lipinski definition) is 5.